The molecule has 0 bridgehead atoms. The first kappa shape index (κ1) is 11.9. The maximum Gasteiger partial charge on any atom is 0.231 e. The molecule has 1 atom stereocenters. The van der Waals surface area contributed by atoms with E-state index in [0.717, 1.165) is 42.7 Å². The van der Waals surface area contributed by atoms with Crippen LogP contribution >= 0.6 is 11.8 Å². The third kappa shape index (κ3) is 3.22. The minimum Gasteiger partial charge on any atom is -0.339 e. The van der Waals surface area contributed by atoms with Gasteiger partial charge in [0.1, 0.15) is 0 Å². The molecule has 1 fully saturated rings. The van der Waals surface area contributed by atoms with Crippen molar-refractivity contribution in [3.8, 4) is 0 Å². The second-order valence-corrected chi connectivity index (χ2v) is 5.25. The van der Waals surface area contributed by atoms with Crippen LogP contribution in [-0.2, 0) is 5.75 Å². The van der Waals surface area contributed by atoms with E-state index in [0.29, 0.717) is 5.92 Å². The van der Waals surface area contributed by atoms with Gasteiger partial charge in [-0.15, -0.1) is 0 Å². The van der Waals surface area contributed by atoms with Crippen molar-refractivity contribution >= 4 is 11.8 Å². The molecule has 1 aliphatic heterocycles. The number of hydrogen-bond acceptors (Lipinski definition) is 5. The second kappa shape index (κ2) is 6.25. The van der Waals surface area contributed by atoms with Crippen molar-refractivity contribution in [2.75, 3.05) is 18.8 Å². The Kier molecular flexibility index (Phi) is 4.66. The first-order valence-electron chi connectivity index (χ1n) is 6.01. The molecule has 1 aliphatic rings. The molecule has 0 aliphatic carbocycles. The summed E-state index contributed by atoms with van der Waals surface area (Å²) in [5.74, 6) is 4.12. The molecular weight excluding hydrogens is 222 g/mol. The van der Waals surface area contributed by atoms with Gasteiger partial charge in [-0.05, 0) is 31.6 Å². The van der Waals surface area contributed by atoms with Gasteiger partial charge in [-0.25, -0.2) is 0 Å². The normalized spacial score (nSPS) is 21.2. The Morgan fingerprint density at radius 2 is 2.50 bits per heavy atom. The molecule has 2 heterocycles. The highest BCUT2D eigenvalue weighted by Gasteiger charge is 2.21. The molecule has 4 nitrogen and oxygen atoms in total. The molecule has 1 aromatic rings. The van der Waals surface area contributed by atoms with Gasteiger partial charge in [0.15, 0.2) is 5.82 Å². The number of aromatic nitrogens is 2. The fourth-order valence-corrected chi connectivity index (χ4v) is 2.60. The Bertz CT molecular complexity index is 310. The Labute approximate surface area is 101 Å². The lowest BCUT2D eigenvalue weighted by Gasteiger charge is -2.18. The Morgan fingerprint density at radius 1 is 1.56 bits per heavy atom. The topological polar surface area (TPSA) is 51.0 Å². The number of rotatable bonds is 5. The van der Waals surface area contributed by atoms with E-state index in [1.807, 2.05) is 11.8 Å². The summed E-state index contributed by atoms with van der Waals surface area (Å²) in [5.41, 5.74) is 0. The molecular formula is C11H19N3OS. The largest absolute Gasteiger partial charge is 0.339 e. The molecule has 0 aromatic carbocycles. The van der Waals surface area contributed by atoms with E-state index in [-0.39, 0.29) is 0 Å². The van der Waals surface area contributed by atoms with Gasteiger partial charge in [0, 0.05) is 6.54 Å². The van der Waals surface area contributed by atoms with Crippen molar-refractivity contribution in [2.45, 2.75) is 37.9 Å². The highest BCUT2D eigenvalue weighted by molar-refractivity contribution is 7.98. The smallest absolute Gasteiger partial charge is 0.231 e. The lowest BCUT2D eigenvalue weighted by Crippen LogP contribution is -2.28. The van der Waals surface area contributed by atoms with E-state index < -0.39 is 0 Å². The van der Waals surface area contributed by atoms with Crippen LogP contribution in [0.15, 0.2) is 4.52 Å². The standard InChI is InChI=1S/C11H19N3OS/c1-2-6-16-8-10-13-11(15-14-10)9-4-3-5-12-7-9/h9,12H,2-8H2,1H3/t9-/m1/s1. The van der Waals surface area contributed by atoms with E-state index in [1.54, 1.807) is 0 Å². The molecule has 0 unspecified atom stereocenters. The third-order valence-corrected chi connectivity index (χ3v) is 3.87. The van der Waals surface area contributed by atoms with Gasteiger partial charge in [0.2, 0.25) is 5.89 Å². The van der Waals surface area contributed by atoms with Crippen LogP contribution in [-0.4, -0.2) is 29.0 Å². The molecule has 5 heteroatoms. The molecule has 90 valence electrons. The highest BCUT2D eigenvalue weighted by Crippen LogP contribution is 2.22. The molecule has 0 saturated carbocycles. The monoisotopic (exact) mass is 241 g/mol. The van der Waals surface area contributed by atoms with Crippen LogP contribution in [0.5, 0.6) is 0 Å². The van der Waals surface area contributed by atoms with Gasteiger partial charge in [-0.1, -0.05) is 12.1 Å². The van der Waals surface area contributed by atoms with Crippen molar-refractivity contribution in [2.24, 2.45) is 0 Å². The third-order valence-electron chi connectivity index (χ3n) is 2.71. The quantitative estimate of drug-likeness (QED) is 0.801. The molecule has 0 radical (unpaired) electrons. The number of piperidine rings is 1. The summed E-state index contributed by atoms with van der Waals surface area (Å²) < 4.78 is 5.32. The number of nitrogens with zero attached hydrogens (tertiary/aromatic N) is 2. The summed E-state index contributed by atoms with van der Waals surface area (Å²) in [5, 5.41) is 7.39. The average molecular weight is 241 g/mol. The predicted molar refractivity (Wildman–Crippen MR) is 65.6 cm³/mol. The number of hydrogen-bond donors (Lipinski definition) is 1. The summed E-state index contributed by atoms with van der Waals surface area (Å²) >= 11 is 1.87. The van der Waals surface area contributed by atoms with Gasteiger partial charge in [-0.3, -0.25) is 0 Å². The predicted octanol–water partition coefficient (Wildman–Crippen LogP) is 2.18. The Hall–Kier alpha value is -0.550. The minimum absolute atomic E-state index is 0.422. The second-order valence-electron chi connectivity index (χ2n) is 4.14. The van der Waals surface area contributed by atoms with E-state index >= 15 is 0 Å². The van der Waals surface area contributed by atoms with Crippen LogP contribution in [0, 0.1) is 0 Å². The van der Waals surface area contributed by atoms with Crippen LogP contribution in [0.2, 0.25) is 0 Å². The fourth-order valence-electron chi connectivity index (χ4n) is 1.86. The van der Waals surface area contributed by atoms with Gasteiger partial charge < -0.3 is 9.84 Å². The van der Waals surface area contributed by atoms with Gasteiger partial charge in [-0.2, -0.15) is 16.7 Å². The first-order chi connectivity index (χ1) is 7.90. The molecule has 16 heavy (non-hydrogen) atoms. The van der Waals surface area contributed by atoms with Gasteiger partial charge in [0.05, 0.1) is 11.7 Å². The van der Waals surface area contributed by atoms with Gasteiger partial charge >= 0.3 is 0 Å². The van der Waals surface area contributed by atoms with Crippen molar-refractivity contribution in [3.05, 3.63) is 11.7 Å². The van der Waals surface area contributed by atoms with E-state index in [1.165, 1.54) is 12.8 Å². The minimum atomic E-state index is 0.422. The van der Waals surface area contributed by atoms with Crippen molar-refractivity contribution in [1.82, 2.24) is 15.5 Å². The molecule has 2 rings (SSSR count). The SMILES string of the molecule is CCCSCc1noc([C@@H]2CCCNC2)n1. The van der Waals surface area contributed by atoms with Crippen molar-refractivity contribution in [1.29, 1.82) is 0 Å². The zero-order valence-corrected chi connectivity index (χ0v) is 10.6. The summed E-state index contributed by atoms with van der Waals surface area (Å²) in [7, 11) is 0. The summed E-state index contributed by atoms with van der Waals surface area (Å²) in [6, 6.07) is 0. The maximum absolute atomic E-state index is 5.32. The van der Waals surface area contributed by atoms with Gasteiger partial charge in [0.25, 0.3) is 0 Å². The van der Waals surface area contributed by atoms with E-state index in [9.17, 15) is 0 Å². The molecule has 1 aromatic heterocycles. The number of thioether (sulfide) groups is 1. The lowest BCUT2D eigenvalue weighted by atomic mass is 10.00. The average Bonchev–Trinajstić information content (AvgIpc) is 2.79. The molecule has 1 N–H and O–H groups in total. The van der Waals surface area contributed by atoms with Crippen LogP contribution in [0.1, 0.15) is 43.8 Å². The maximum atomic E-state index is 5.32. The van der Waals surface area contributed by atoms with Crippen LogP contribution in [0.4, 0.5) is 0 Å². The molecule has 1 saturated heterocycles. The van der Waals surface area contributed by atoms with E-state index in [4.69, 9.17) is 4.52 Å². The summed E-state index contributed by atoms with van der Waals surface area (Å²) in [6.07, 6.45) is 3.56. The van der Waals surface area contributed by atoms with Crippen LogP contribution < -0.4 is 5.32 Å². The van der Waals surface area contributed by atoms with Crippen LogP contribution in [0.3, 0.4) is 0 Å². The highest BCUT2D eigenvalue weighted by atomic mass is 32.2. The zero-order valence-electron chi connectivity index (χ0n) is 9.74. The summed E-state index contributed by atoms with van der Waals surface area (Å²) in [4.78, 5) is 4.47. The Balaban J connectivity index is 1.85. The molecule has 0 amide bonds. The van der Waals surface area contributed by atoms with E-state index in [2.05, 4.69) is 22.4 Å². The number of nitrogens with one attached hydrogen (secondary N) is 1. The first-order valence-corrected chi connectivity index (χ1v) is 7.16. The fraction of sp³-hybridized carbons (Fsp3) is 0.818. The lowest BCUT2D eigenvalue weighted by molar-refractivity contribution is 0.320. The zero-order chi connectivity index (χ0) is 11.2. The van der Waals surface area contributed by atoms with Crippen LogP contribution in [0.25, 0.3) is 0 Å². The summed E-state index contributed by atoms with van der Waals surface area (Å²) in [6.45, 7) is 4.27. The molecule has 0 spiro atoms. The Morgan fingerprint density at radius 3 is 3.25 bits per heavy atom. The van der Waals surface area contributed by atoms with Crippen molar-refractivity contribution < 1.29 is 4.52 Å². The van der Waals surface area contributed by atoms with Crippen molar-refractivity contribution in [3.63, 3.8) is 0 Å².